The van der Waals surface area contributed by atoms with Crippen LogP contribution < -0.4 is 10.6 Å². The van der Waals surface area contributed by atoms with Crippen molar-refractivity contribution in [3.63, 3.8) is 0 Å². The van der Waals surface area contributed by atoms with Gasteiger partial charge in [-0.1, -0.05) is 36.8 Å². The van der Waals surface area contributed by atoms with Gasteiger partial charge in [0.25, 0.3) is 0 Å². The van der Waals surface area contributed by atoms with Gasteiger partial charge in [0.2, 0.25) is 5.91 Å². The molecule has 1 aromatic carbocycles. The quantitative estimate of drug-likeness (QED) is 0.711. The zero-order valence-corrected chi connectivity index (χ0v) is 17.7. The maximum absolute atomic E-state index is 13.0. The van der Waals surface area contributed by atoms with Gasteiger partial charge in [-0.05, 0) is 45.6 Å². The molecule has 0 radical (unpaired) electrons. The summed E-state index contributed by atoms with van der Waals surface area (Å²) in [6, 6.07) is 8.59. The Morgan fingerprint density at radius 2 is 1.83 bits per heavy atom. The van der Waals surface area contributed by atoms with Crippen molar-refractivity contribution in [3.8, 4) is 0 Å². The topological polar surface area (TPSA) is 93.7 Å². The van der Waals surface area contributed by atoms with Crippen molar-refractivity contribution in [2.75, 3.05) is 7.11 Å². The zero-order chi connectivity index (χ0) is 21.4. The minimum Gasteiger partial charge on any atom is -0.469 e. The molecule has 2 N–H and O–H groups in total. The molecule has 2 amide bonds. The maximum Gasteiger partial charge on any atom is 0.408 e. The number of rotatable bonds is 6. The lowest BCUT2D eigenvalue weighted by Crippen LogP contribution is -2.52. The minimum atomic E-state index is -0.772. The summed E-state index contributed by atoms with van der Waals surface area (Å²) in [5, 5.41) is 5.69. The lowest BCUT2D eigenvalue weighted by Gasteiger charge is -2.30. The Morgan fingerprint density at radius 3 is 2.45 bits per heavy atom. The van der Waals surface area contributed by atoms with Gasteiger partial charge in [-0.15, -0.1) is 0 Å². The van der Waals surface area contributed by atoms with Crippen molar-refractivity contribution in [1.82, 2.24) is 10.6 Å². The first-order valence-electron chi connectivity index (χ1n) is 10.1. The lowest BCUT2D eigenvalue weighted by molar-refractivity contribution is -0.147. The van der Waals surface area contributed by atoms with Crippen LogP contribution in [-0.2, 0) is 25.5 Å². The van der Waals surface area contributed by atoms with E-state index < -0.39 is 17.7 Å². The first kappa shape index (κ1) is 22.7. The Balaban J connectivity index is 2.05. The van der Waals surface area contributed by atoms with Gasteiger partial charge in [-0.3, -0.25) is 9.59 Å². The standard InChI is InChI=1S/C22H32N2O5/c1-22(2,3)29-21(27)24-18(13-15-9-6-5-7-10-15)19(25)23-17-12-8-11-16(14-17)20(26)28-4/h5-7,9-10,16-18H,8,11-14H2,1-4H3,(H,23,25)(H,24,27)/t16-,17+,18+/m1/s1. The van der Waals surface area contributed by atoms with Crippen LogP contribution in [0, 0.1) is 5.92 Å². The van der Waals surface area contributed by atoms with E-state index in [4.69, 9.17) is 9.47 Å². The Hall–Kier alpha value is -2.57. The largest absolute Gasteiger partial charge is 0.469 e. The molecule has 1 aromatic rings. The van der Waals surface area contributed by atoms with Crippen molar-refractivity contribution < 1.29 is 23.9 Å². The number of amides is 2. The van der Waals surface area contributed by atoms with Crippen LogP contribution in [-0.4, -0.2) is 42.8 Å². The number of carbonyl (C=O) groups is 3. The number of esters is 1. The molecule has 1 fully saturated rings. The maximum atomic E-state index is 13.0. The molecular formula is C22H32N2O5. The van der Waals surface area contributed by atoms with Gasteiger partial charge in [0.05, 0.1) is 13.0 Å². The van der Waals surface area contributed by atoms with E-state index in [1.54, 1.807) is 20.8 Å². The summed E-state index contributed by atoms with van der Waals surface area (Å²) in [5.41, 5.74) is 0.273. The molecular weight excluding hydrogens is 372 g/mol. The summed E-state index contributed by atoms with van der Waals surface area (Å²) in [6.07, 6.45) is 2.66. The van der Waals surface area contributed by atoms with Gasteiger partial charge in [-0.25, -0.2) is 4.79 Å². The van der Waals surface area contributed by atoms with Crippen LogP contribution in [0.5, 0.6) is 0 Å². The van der Waals surface area contributed by atoms with Crippen molar-refractivity contribution in [2.45, 2.75) is 70.6 Å². The number of benzene rings is 1. The van der Waals surface area contributed by atoms with Crippen molar-refractivity contribution in [1.29, 1.82) is 0 Å². The number of methoxy groups -OCH3 is 1. The molecule has 0 saturated heterocycles. The summed E-state index contributed by atoms with van der Waals surface area (Å²) in [5.74, 6) is -0.725. The molecule has 1 saturated carbocycles. The third kappa shape index (κ3) is 7.75. The second kappa shape index (κ2) is 10.3. The highest BCUT2D eigenvalue weighted by molar-refractivity contribution is 5.86. The second-order valence-corrected chi connectivity index (χ2v) is 8.48. The molecule has 0 heterocycles. The fraction of sp³-hybridized carbons (Fsp3) is 0.591. The second-order valence-electron chi connectivity index (χ2n) is 8.48. The van der Waals surface area contributed by atoms with Crippen molar-refractivity contribution in [3.05, 3.63) is 35.9 Å². The van der Waals surface area contributed by atoms with E-state index in [1.165, 1.54) is 7.11 Å². The monoisotopic (exact) mass is 404 g/mol. The van der Waals surface area contributed by atoms with Gasteiger partial charge in [-0.2, -0.15) is 0 Å². The SMILES string of the molecule is COC(=O)[C@@H]1CCC[C@H](NC(=O)[C@H](Cc2ccccc2)NC(=O)OC(C)(C)C)C1. The fourth-order valence-corrected chi connectivity index (χ4v) is 3.51. The normalized spacial score (nSPS) is 20.3. The highest BCUT2D eigenvalue weighted by Crippen LogP contribution is 2.25. The van der Waals surface area contributed by atoms with Crippen LogP contribution in [0.25, 0.3) is 0 Å². The van der Waals surface area contributed by atoms with Gasteiger partial charge in [0, 0.05) is 12.5 Å². The predicted molar refractivity (Wildman–Crippen MR) is 109 cm³/mol. The molecule has 7 heteroatoms. The number of carbonyl (C=O) groups excluding carboxylic acids is 3. The Morgan fingerprint density at radius 1 is 1.14 bits per heavy atom. The minimum absolute atomic E-state index is 0.126. The number of ether oxygens (including phenoxy) is 2. The smallest absolute Gasteiger partial charge is 0.408 e. The van der Waals surface area contributed by atoms with Crippen molar-refractivity contribution in [2.24, 2.45) is 5.92 Å². The van der Waals surface area contributed by atoms with Gasteiger partial charge >= 0.3 is 12.1 Å². The third-order valence-electron chi connectivity index (χ3n) is 4.85. The van der Waals surface area contributed by atoms with E-state index in [9.17, 15) is 14.4 Å². The fourth-order valence-electron chi connectivity index (χ4n) is 3.51. The molecule has 1 aliphatic rings. The van der Waals surface area contributed by atoms with E-state index in [-0.39, 0.29) is 23.8 Å². The molecule has 0 unspecified atom stereocenters. The number of hydrogen-bond donors (Lipinski definition) is 2. The lowest BCUT2D eigenvalue weighted by atomic mass is 9.85. The molecule has 3 atom stereocenters. The van der Waals surface area contributed by atoms with Gasteiger partial charge in [0.1, 0.15) is 11.6 Å². The van der Waals surface area contributed by atoms with Crippen LogP contribution in [0.1, 0.15) is 52.0 Å². The van der Waals surface area contributed by atoms with Crippen LogP contribution >= 0.6 is 0 Å². The first-order valence-corrected chi connectivity index (χ1v) is 10.1. The molecule has 0 bridgehead atoms. The molecule has 0 aliphatic heterocycles. The highest BCUT2D eigenvalue weighted by Gasteiger charge is 2.31. The zero-order valence-electron chi connectivity index (χ0n) is 17.7. The first-order chi connectivity index (χ1) is 13.7. The summed E-state index contributed by atoms with van der Waals surface area (Å²) in [4.78, 5) is 37.1. The molecule has 7 nitrogen and oxygen atoms in total. The Kier molecular flexibility index (Phi) is 8.05. The van der Waals surface area contributed by atoms with Crippen LogP contribution in [0.2, 0.25) is 0 Å². The number of alkyl carbamates (subject to hydrolysis) is 1. The molecule has 160 valence electrons. The average Bonchev–Trinajstić information content (AvgIpc) is 2.66. The van der Waals surface area contributed by atoms with Crippen LogP contribution in [0.3, 0.4) is 0 Å². The Labute approximate surface area is 172 Å². The molecule has 29 heavy (non-hydrogen) atoms. The van der Waals surface area contributed by atoms with E-state index in [2.05, 4.69) is 10.6 Å². The van der Waals surface area contributed by atoms with Gasteiger partial charge < -0.3 is 20.1 Å². The van der Waals surface area contributed by atoms with Crippen LogP contribution in [0.15, 0.2) is 30.3 Å². The summed E-state index contributed by atoms with van der Waals surface area (Å²) in [7, 11) is 1.38. The molecule has 0 aromatic heterocycles. The van der Waals surface area contributed by atoms with Crippen molar-refractivity contribution >= 4 is 18.0 Å². The average molecular weight is 405 g/mol. The van der Waals surface area contributed by atoms with E-state index in [1.807, 2.05) is 30.3 Å². The van der Waals surface area contributed by atoms with E-state index >= 15 is 0 Å². The predicted octanol–water partition coefficient (Wildman–Crippen LogP) is 2.97. The highest BCUT2D eigenvalue weighted by atomic mass is 16.6. The summed E-state index contributed by atoms with van der Waals surface area (Å²) >= 11 is 0. The number of hydrogen-bond acceptors (Lipinski definition) is 5. The van der Waals surface area contributed by atoms with Gasteiger partial charge in [0.15, 0.2) is 0 Å². The van der Waals surface area contributed by atoms with Crippen LogP contribution in [0.4, 0.5) is 4.79 Å². The number of nitrogens with one attached hydrogen (secondary N) is 2. The molecule has 2 rings (SSSR count). The van der Waals surface area contributed by atoms with E-state index in [0.717, 1.165) is 24.8 Å². The van der Waals surface area contributed by atoms with E-state index in [0.29, 0.717) is 12.8 Å². The molecule has 0 spiro atoms. The molecule has 1 aliphatic carbocycles. The summed E-state index contributed by atoms with van der Waals surface area (Å²) in [6.45, 7) is 5.31. The summed E-state index contributed by atoms with van der Waals surface area (Å²) < 4.78 is 10.2. The third-order valence-corrected chi connectivity index (χ3v) is 4.85. The Bertz CT molecular complexity index is 699.